The molecule has 0 unspecified atom stereocenters. The zero-order chi connectivity index (χ0) is 13.1. The van der Waals surface area contributed by atoms with Crippen molar-refractivity contribution in [2.24, 2.45) is 0 Å². The molecule has 0 bridgehead atoms. The van der Waals surface area contributed by atoms with Gasteiger partial charge in [-0.3, -0.25) is 0 Å². The second kappa shape index (κ2) is 5.59. The molecule has 2 aromatic rings. The first kappa shape index (κ1) is 13.2. The van der Waals surface area contributed by atoms with Crippen molar-refractivity contribution in [2.45, 2.75) is 13.5 Å². The summed E-state index contributed by atoms with van der Waals surface area (Å²) in [5.41, 5.74) is 3.02. The Kier molecular flexibility index (Phi) is 4.09. The third-order valence-electron chi connectivity index (χ3n) is 2.52. The van der Waals surface area contributed by atoms with E-state index < -0.39 is 0 Å². The summed E-state index contributed by atoms with van der Waals surface area (Å²) in [6.07, 6.45) is 1.76. The Morgan fingerprint density at radius 1 is 1.39 bits per heavy atom. The van der Waals surface area contributed by atoms with E-state index in [1.165, 1.54) is 0 Å². The molecule has 0 atom stereocenters. The Morgan fingerprint density at radius 3 is 2.83 bits per heavy atom. The summed E-state index contributed by atoms with van der Waals surface area (Å²) < 4.78 is 0.848. The van der Waals surface area contributed by atoms with Gasteiger partial charge in [0.1, 0.15) is 10.4 Å². The highest BCUT2D eigenvalue weighted by atomic mass is 79.9. The van der Waals surface area contributed by atoms with Gasteiger partial charge < -0.3 is 10.4 Å². The standard InChI is InChI=1S/C13H12BrClN2O/c1-8-4-10(7-17-13(8)14)16-6-9-2-3-12(18)11(15)5-9/h2-5,7,16,18H,6H2,1H3. The van der Waals surface area contributed by atoms with Crippen LogP contribution in [-0.4, -0.2) is 10.1 Å². The van der Waals surface area contributed by atoms with E-state index in [-0.39, 0.29) is 5.75 Å². The molecule has 1 aromatic carbocycles. The van der Waals surface area contributed by atoms with Crippen LogP contribution >= 0.6 is 27.5 Å². The van der Waals surface area contributed by atoms with Crippen LogP contribution in [0.25, 0.3) is 0 Å². The number of nitrogens with zero attached hydrogens (tertiary/aromatic N) is 1. The molecule has 0 amide bonds. The monoisotopic (exact) mass is 326 g/mol. The van der Waals surface area contributed by atoms with Crippen molar-refractivity contribution in [2.75, 3.05) is 5.32 Å². The molecule has 5 heteroatoms. The molecule has 0 saturated heterocycles. The average molecular weight is 328 g/mol. The molecule has 94 valence electrons. The van der Waals surface area contributed by atoms with Crippen molar-refractivity contribution < 1.29 is 5.11 Å². The molecule has 0 aliphatic carbocycles. The van der Waals surface area contributed by atoms with Crippen LogP contribution in [0.15, 0.2) is 35.1 Å². The third kappa shape index (κ3) is 3.15. The number of halogens is 2. The van der Waals surface area contributed by atoms with Crippen LogP contribution in [-0.2, 0) is 6.54 Å². The number of aromatic nitrogens is 1. The number of phenols is 1. The molecular formula is C13H12BrClN2O. The Balaban J connectivity index is 2.06. The Labute approximate surface area is 119 Å². The number of pyridine rings is 1. The van der Waals surface area contributed by atoms with E-state index in [0.29, 0.717) is 11.6 Å². The summed E-state index contributed by atoms with van der Waals surface area (Å²) in [6.45, 7) is 2.61. The summed E-state index contributed by atoms with van der Waals surface area (Å²) >= 11 is 9.20. The molecule has 0 spiro atoms. The van der Waals surface area contributed by atoms with E-state index in [4.69, 9.17) is 11.6 Å². The van der Waals surface area contributed by atoms with E-state index >= 15 is 0 Å². The summed E-state index contributed by atoms with van der Waals surface area (Å²) in [7, 11) is 0. The maximum Gasteiger partial charge on any atom is 0.134 e. The van der Waals surface area contributed by atoms with Crippen LogP contribution in [0.3, 0.4) is 0 Å². The topological polar surface area (TPSA) is 45.1 Å². The van der Waals surface area contributed by atoms with Gasteiger partial charge in [0, 0.05) is 6.54 Å². The zero-order valence-electron chi connectivity index (χ0n) is 9.74. The van der Waals surface area contributed by atoms with Crippen molar-refractivity contribution in [3.63, 3.8) is 0 Å². The second-order valence-electron chi connectivity index (χ2n) is 3.97. The Bertz CT molecular complexity index is 523. The summed E-state index contributed by atoms with van der Waals surface area (Å²) in [6, 6.07) is 7.17. The third-order valence-corrected chi connectivity index (χ3v) is 3.66. The van der Waals surface area contributed by atoms with Gasteiger partial charge in [-0.25, -0.2) is 4.98 Å². The van der Waals surface area contributed by atoms with Gasteiger partial charge in [0.2, 0.25) is 0 Å². The van der Waals surface area contributed by atoms with Gasteiger partial charge in [0.05, 0.1) is 16.9 Å². The Morgan fingerprint density at radius 2 is 2.17 bits per heavy atom. The van der Waals surface area contributed by atoms with Crippen LogP contribution in [0.5, 0.6) is 5.75 Å². The lowest BCUT2D eigenvalue weighted by Crippen LogP contribution is -2.00. The predicted molar refractivity (Wildman–Crippen MR) is 77.1 cm³/mol. The molecule has 0 fully saturated rings. The minimum absolute atomic E-state index is 0.0987. The smallest absolute Gasteiger partial charge is 0.134 e. The fourth-order valence-electron chi connectivity index (χ4n) is 1.52. The second-order valence-corrected chi connectivity index (χ2v) is 5.13. The highest BCUT2D eigenvalue weighted by Gasteiger charge is 2.01. The predicted octanol–water partition coefficient (Wildman–Crippen LogP) is 4.12. The summed E-state index contributed by atoms with van der Waals surface area (Å²) in [4.78, 5) is 4.21. The van der Waals surface area contributed by atoms with Crippen molar-refractivity contribution >= 4 is 33.2 Å². The van der Waals surface area contributed by atoms with Gasteiger partial charge in [-0.05, 0) is 52.2 Å². The first-order valence-corrected chi connectivity index (χ1v) is 6.57. The minimum atomic E-state index is 0.0987. The molecule has 1 heterocycles. The molecule has 0 saturated carbocycles. The molecule has 2 N–H and O–H groups in total. The van der Waals surface area contributed by atoms with Crippen LogP contribution in [0.4, 0.5) is 5.69 Å². The number of hydrogen-bond acceptors (Lipinski definition) is 3. The Hall–Kier alpha value is -1.26. The zero-order valence-corrected chi connectivity index (χ0v) is 12.1. The van der Waals surface area contributed by atoms with Crippen LogP contribution in [0.2, 0.25) is 5.02 Å². The minimum Gasteiger partial charge on any atom is -0.506 e. The van der Waals surface area contributed by atoms with E-state index in [9.17, 15) is 5.11 Å². The maximum absolute atomic E-state index is 9.33. The van der Waals surface area contributed by atoms with Gasteiger partial charge in [-0.1, -0.05) is 17.7 Å². The number of aromatic hydroxyl groups is 1. The number of anilines is 1. The fraction of sp³-hybridized carbons (Fsp3) is 0.154. The van der Waals surface area contributed by atoms with E-state index in [1.807, 2.05) is 19.1 Å². The number of benzene rings is 1. The first-order chi connectivity index (χ1) is 8.56. The lowest BCUT2D eigenvalue weighted by Gasteiger charge is -2.08. The lowest BCUT2D eigenvalue weighted by molar-refractivity contribution is 0.475. The SMILES string of the molecule is Cc1cc(NCc2ccc(O)c(Cl)c2)cnc1Br. The first-order valence-electron chi connectivity index (χ1n) is 5.39. The molecule has 2 rings (SSSR count). The van der Waals surface area contributed by atoms with Crippen LogP contribution in [0.1, 0.15) is 11.1 Å². The fourth-order valence-corrected chi connectivity index (χ4v) is 1.94. The van der Waals surface area contributed by atoms with E-state index in [1.54, 1.807) is 18.3 Å². The molecular weight excluding hydrogens is 316 g/mol. The van der Waals surface area contributed by atoms with Gasteiger partial charge in [0.15, 0.2) is 0 Å². The quantitative estimate of drug-likeness (QED) is 0.833. The van der Waals surface area contributed by atoms with E-state index in [0.717, 1.165) is 21.4 Å². The van der Waals surface area contributed by atoms with Crippen molar-refractivity contribution in [3.8, 4) is 5.75 Å². The normalized spacial score (nSPS) is 10.4. The number of aryl methyl sites for hydroxylation is 1. The molecule has 0 aliphatic heterocycles. The average Bonchev–Trinajstić information content (AvgIpc) is 2.35. The molecule has 18 heavy (non-hydrogen) atoms. The number of hydrogen-bond donors (Lipinski definition) is 2. The largest absolute Gasteiger partial charge is 0.506 e. The van der Waals surface area contributed by atoms with Crippen molar-refractivity contribution in [1.82, 2.24) is 4.98 Å². The van der Waals surface area contributed by atoms with Crippen LogP contribution < -0.4 is 5.32 Å². The summed E-state index contributed by atoms with van der Waals surface area (Å²) in [5, 5.41) is 12.9. The summed E-state index contributed by atoms with van der Waals surface area (Å²) in [5.74, 6) is 0.0987. The van der Waals surface area contributed by atoms with Gasteiger partial charge >= 0.3 is 0 Å². The molecule has 1 aromatic heterocycles. The molecule has 0 aliphatic rings. The van der Waals surface area contributed by atoms with Crippen molar-refractivity contribution in [1.29, 1.82) is 0 Å². The van der Waals surface area contributed by atoms with Crippen LogP contribution in [0, 0.1) is 6.92 Å². The lowest BCUT2D eigenvalue weighted by atomic mass is 10.2. The van der Waals surface area contributed by atoms with Gasteiger partial charge in [-0.2, -0.15) is 0 Å². The molecule has 3 nitrogen and oxygen atoms in total. The highest BCUT2D eigenvalue weighted by Crippen LogP contribution is 2.24. The van der Waals surface area contributed by atoms with E-state index in [2.05, 4.69) is 26.2 Å². The van der Waals surface area contributed by atoms with Gasteiger partial charge in [0.25, 0.3) is 0 Å². The molecule has 0 radical (unpaired) electrons. The highest BCUT2D eigenvalue weighted by molar-refractivity contribution is 9.10. The van der Waals surface area contributed by atoms with Gasteiger partial charge in [-0.15, -0.1) is 0 Å². The number of nitrogens with one attached hydrogen (secondary N) is 1. The maximum atomic E-state index is 9.33. The number of rotatable bonds is 3. The van der Waals surface area contributed by atoms with Crippen molar-refractivity contribution in [3.05, 3.63) is 51.2 Å². The number of phenolic OH excluding ortho intramolecular Hbond substituents is 1.